The Labute approximate surface area is 322 Å². The average molecular weight is 720 g/mol. The van der Waals surface area contributed by atoms with Crippen molar-refractivity contribution in [3.8, 4) is 33.4 Å². The number of nitrogens with zero attached hydrogens (tertiary/aromatic N) is 1. The topological polar surface area (TPSA) is 16.4 Å². The Balaban J connectivity index is 1.17. The van der Waals surface area contributed by atoms with Crippen LogP contribution in [0.1, 0.15) is 0 Å². The highest BCUT2D eigenvalue weighted by atomic mass is 32.1. The number of rotatable bonds is 6. The first-order valence-corrected chi connectivity index (χ1v) is 19.5. The molecule has 11 aromatic rings. The van der Waals surface area contributed by atoms with Gasteiger partial charge in [-0.05, 0) is 99.4 Å². The van der Waals surface area contributed by atoms with E-state index in [1.54, 1.807) is 0 Å². The SMILES string of the molecule is c1ccc(-c2cc(-c3ccccc3)cc(N(c3cccc(-c4ccc5c(c4)sc4ccccc45)c3)c3cccc4oc5c6ccccc6ccc5c34)c2)cc1. The van der Waals surface area contributed by atoms with Crippen molar-refractivity contribution in [3.05, 3.63) is 200 Å². The Morgan fingerprint density at radius 2 is 0.982 bits per heavy atom. The summed E-state index contributed by atoms with van der Waals surface area (Å²) in [5, 5.41) is 7.09. The first-order valence-electron chi connectivity index (χ1n) is 18.7. The normalized spacial score (nSPS) is 11.6. The zero-order valence-corrected chi connectivity index (χ0v) is 30.6. The van der Waals surface area contributed by atoms with Gasteiger partial charge in [-0.15, -0.1) is 11.3 Å². The van der Waals surface area contributed by atoms with Gasteiger partial charge in [-0.2, -0.15) is 0 Å². The molecule has 3 heteroatoms. The van der Waals surface area contributed by atoms with Gasteiger partial charge in [0.25, 0.3) is 0 Å². The highest BCUT2D eigenvalue weighted by Gasteiger charge is 2.22. The molecule has 0 fully saturated rings. The van der Waals surface area contributed by atoms with Gasteiger partial charge in [0.15, 0.2) is 0 Å². The molecule has 0 bridgehead atoms. The first kappa shape index (κ1) is 31.6. The smallest absolute Gasteiger partial charge is 0.143 e. The summed E-state index contributed by atoms with van der Waals surface area (Å²) in [7, 11) is 0. The predicted molar refractivity (Wildman–Crippen MR) is 235 cm³/mol. The second kappa shape index (κ2) is 12.9. The van der Waals surface area contributed by atoms with Crippen molar-refractivity contribution in [2.24, 2.45) is 0 Å². The van der Waals surface area contributed by atoms with Gasteiger partial charge in [-0.3, -0.25) is 0 Å². The third-order valence-electron chi connectivity index (χ3n) is 10.8. The molecule has 0 aliphatic carbocycles. The number of benzene rings is 9. The number of furan rings is 1. The Hall–Kier alpha value is -6.94. The van der Waals surface area contributed by atoms with Gasteiger partial charge < -0.3 is 9.32 Å². The fourth-order valence-corrected chi connectivity index (χ4v) is 9.36. The Bertz CT molecular complexity index is 3150. The summed E-state index contributed by atoms with van der Waals surface area (Å²) in [6, 6.07) is 72.3. The van der Waals surface area contributed by atoms with Crippen LogP contribution in [0, 0.1) is 0 Å². The van der Waals surface area contributed by atoms with Crippen LogP contribution in [0.25, 0.3) is 86.3 Å². The molecule has 9 aromatic carbocycles. The molecular formula is C52H33NOS. The van der Waals surface area contributed by atoms with Crippen molar-refractivity contribution in [3.63, 3.8) is 0 Å². The van der Waals surface area contributed by atoms with Crippen LogP contribution in [0.15, 0.2) is 205 Å². The molecule has 0 aliphatic rings. The summed E-state index contributed by atoms with van der Waals surface area (Å²) in [5.74, 6) is 0. The lowest BCUT2D eigenvalue weighted by Crippen LogP contribution is -2.11. The lowest BCUT2D eigenvalue weighted by atomic mass is 9.96. The number of thiophene rings is 1. The van der Waals surface area contributed by atoms with Crippen LogP contribution in [-0.4, -0.2) is 0 Å². The number of hydrogen-bond donors (Lipinski definition) is 0. The highest BCUT2D eigenvalue weighted by Crippen LogP contribution is 2.47. The number of anilines is 3. The van der Waals surface area contributed by atoms with Crippen molar-refractivity contribution >= 4 is 81.3 Å². The zero-order valence-electron chi connectivity index (χ0n) is 29.8. The maximum absolute atomic E-state index is 6.75. The van der Waals surface area contributed by atoms with Crippen LogP contribution in [0.2, 0.25) is 0 Å². The van der Waals surface area contributed by atoms with Crippen LogP contribution in [0.3, 0.4) is 0 Å². The molecule has 11 rings (SSSR count). The Kier molecular flexibility index (Phi) is 7.39. The van der Waals surface area contributed by atoms with Crippen molar-refractivity contribution < 1.29 is 4.42 Å². The minimum Gasteiger partial charge on any atom is -0.455 e. The highest BCUT2D eigenvalue weighted by molar-refractivity contribution is 7.25. The maximum atomic E-state index is 6.75. The molecule has 258 valence electrons. The third-order valence-corrected chi connectivity index (χ3v) is 11.9. The van der Waals surface area contributed by atoms with E-state index in [9.17, 15) is 0 Å². The third kappa shape index (κ3) is 5.40. The monoisotopic (exact) mass is 719 g/mol. The summed E-state index contributed by atoms with van der Waals surface area (Å²) in [6.07, 6.45) is 0. The van der Waals surface area contributed by atoms with E-state index in [-0.39, 0.29) is 0 Å². The lowest BCUT2D eigenvalue weighted by Gasteiger charge is -2.28. The maximum Gasteiger partial charge on any atom is 0.143 e. The molecule has 0 atom stereocenters. The van der Waals surface area contributed by atoms with Gasteiger partial charge in [0.1, 0.15) is 11.2 Å². The summed E-state index contributed by atoms with van der Waals surface area (Å²) >= 11 is 1.86. The molecule has 0 N–H and O–H groups in total. The van der Waals surface area contributed by atoms with Gasteiger partial charge in [0.05, 0.1) is 11.1 Å². The molecule has 0 amide bonds. The molecule has 0 spiro atoms. The molecule has 2 nitrogen and oxygen atoms in total. The van der Waals surface area contributed by atoms with Crippen molar-refractivity contribution in [1.29, 1.82) is 0 Å². The van der Waals surface area contributed by atoms with Crippen LogP contribution in [-0.2, 0) is 0 Å². The van der Waals surface area contributed by atoms with Gasteiger partial charge in [-0.1, -0.05) is 140 Å². The van der Waals surface area contributed by atoms with E-state index in [1.165, 1.54) is 47.8 Å². The van der Waals surface area contributed by atoms with Crippen LogP contribution in [0.4, 0.5) is 17.1 Å². The number of fused-ring (bicyclic) bond motifs is 8. The van der Waals surface area contributed by atoms with E-state index >= 15 is 0 Å². The van der Waals surface area contributed by atoms with Gasteiger partial charge in [-0.25, -0.2) is 0 Å². The molecule has 0 radical (unpaired) electrons. The average Bonchev–Trinajstić information content (AvgIpc) is 3.83. The minimum atomic E-state index is 0.864. The van der Waals surface area contributed by atoms with E-state index in [0.717, 1.165) is 55.5 Å². The van der Waals surface area contributed by atoms with Crippen molar-refractivity contribution in [1.82, 2.24) is 0 Å². The van der Waals surface area contributed by atoms with E-state index in [1.807, 2.05) is 11.3 Å². The fourth-order valence-electron chi connectivity index (χ4n) is 8.21. The van der Waals surface area contributed by atoms with Gasteiger partial charge in [0.2, 0.25) is 0 Å². The largest absolute Gasteiger partial charge is 0.455 e. The second-order valence-electron chi connectivity index (χ2n) is 14.1. The predicted octanol–water partition coefficient (Wildman–Crippen LogP) is 15.6. The Morgan fingerprint density at radius 3 is 1.78 bits per heavy atom. The fraction of sp³-hybridized carbons (Fsp3) is 0. The minimum absolute atomic E-state index is 0.864. The Morgan fingerprint density at radius 1 is 0.364 bits per heavy atom. The van der Waals surface area contributed by atoms with Gasteiger partial charge >= 0.3 is 0 Å². The van der Waals surface area contributed by atoms with Crippen LogP contribution < -0.4 is 4.90 Å². The summed E-state index contributed by atoms with van der Waals surface area (Å²) in [4.78, 5) is 2.42. The number of hydrogen-bond acceptors (Lipinski definition) is 3. The van der Waals surface area contributed by atoms with Crippen molar-refractivity contribution in [2.75, 3.05) is 4.90 Å². The summed E-state index contributed by atoms with van der Waals surface area (Å²) in [5.41, 5.74) is 12.0. The molecule has 0 saturated heterocycles. The van der Waals surface area contributed by atoms with E-state index in [0.29, 0.717) is 0 Å². The van der Waals surface area contributed by atoms with Crippen LogP contribution in [0.5, 0.6) is 0 Å². The molecule has 55 heavy (non-hydrogen) atoms. The van der Waals surface area contributed by atoms with E-state index in [4.69, 9.17) is 4.42 Å². The standard InChI is InChI=1S/C52H33NOS/c1-3-13-34(14-4-1)39-29-40(35-15-5-2-6-16-35)32-42(31-39)53(47-22-12-23-48-51(47)46-28-25-36-17-7-8-20-43(36)52(46)54-48)41-19-11-18-37(30-41)38-26-27-45-44-21-9-10-24-49(44)55-50(45)33-38/h1-33H. The first-order chi connectivity index (χ1) is 27.2. The molecule has 0 unspecified atom stereocenters. The molecular weight excluding hydrogens is 687 g/mol. The van der Waals surface area contributed by atoms with Gasteiger partial charge in [0, 0.05) is 42.3 Å². The second-order valence-corrected chi connectivity index (χ2v) is 15.2. The molecule has 2 aromatic heterocycles. The molecule has 0 aliphatic heterocycles. The molecule has 0 saturated carbocycles. The summed E-state index contributed by atoms with van der Waals surface area (Å²) in [6.45, 7) is 0. The lowest BCUT2D eigenvalue weighted by molar-refractivity contribution is 0.672. The van der Waals surface area contributed by atoms with E-state index < -0.39 is 0 Å². The van der Waals surface area contributed by atoms with Crippen molar-refractivity contribution in [2.45, 2.75) is 0 Å². The summed E-state index contributed by atoms with van der Waals surface area (Å²) < 4.78 is 9.36. The van der Waals surface area contributed by atoms with E-state index in [2.05, 4.69) is 205 Å². The quantitative estimate of drug-likeness (QED) is 0.170. The zero-order chi connectivity index (χ0) is 36.3. The van der Waals surface area contributed by atoms with Crippen LogP contribution >= 0.6 is 11.3 Å². The molecule has 2 heterocycles.